The maximum absolute atomic E-state index is 12.9. The number of aromatic nitrogens is 2. The summed E-state index contributed by atoms with van der Waals surface area (Å²) in [5.74, 6) is -0.291. The lowest BCUT2D eigenvalue weighted by Crippen LogP contribution is -2.36. The second-order valence-electron chi connectivity index (χ2n) is 6.79. The average molecular weight is 401 g/mol. The Kier molecular flexibility index (Phi) is 4.87. The van der Waals surface area contributed by atoms with E-state index >= 15 is 0 Å². The monoisotopic (exact) mass is 400 g/mol. The molecule has 0 spiro atoms. The first-order valence-corrected chi connectivity index (χ1v) is 9.43. The third-order valence-electron chi connectivity index (χ3n) is 5.11. The van der Waals surface area contributed by atoms with E-state index in [-0.39, 0.29) is 11.6 Å². The van der Waals surface area contributed by atoms with E-state index < -0.39 is 0 Å². The number of hydrogen-bond acceptors (Lipinski definition) is 4. The minimum absolute atomic E-state index is 0.113. The zero-order chi connectivity index (χ0) is 19.8. The van der Waals surface area contributed by atoms with Crippen LogP contribution in [0.4, 0.5) is 11.4 Å². The summed E-state index contributed by atoms with van der Waals surface area (Å²) in [7, 11) is 3.47. The molecule has 0 radical (unpaired) electrons. The van der Waals surface area contributed by atoms with Gasteiger partial charge in [-0.3, -0.25) is 13.9 Å². The van der Waals surface area contributed by atoms with Crippen molar-refractivity contribution in [2.45, 2.75) is 0 Å². The van der Waals surface area contributed by atoms with Crippen molar-refractivity contribution in [3.8, 4) is 0 Å². The number of imidazole rings is 1. The van der Waals surface area contributed by atoms with Crippen LogP contribution < -0.4 is 15.9 Å². The summed E-state index contributed by atoms with van der Waals surface area (Å²) in [6, 6.07) is 10.7. The van der Waals surface area contributed by atoms with E-state index in [9.17, 15) is 9.59 Å². The molecule has 146 valence electrons. The van der Waals surface area contributed by atoms with E-state index in [4.69, 9.17) is 16.3 Å². The molecule has 2 aromatic carbocycles. The summed E-state index contributed by atoms with van der Waals surface area (Å²) >= 11 is 6.18. The normalized spacial score (nSPS) is 14.5. The van der Waals surface area contributed by atoms with Crippen LogP contribution in [0.1, 0.15) is 10.4 Å². The summed E-state index contributed by atoms with van der Waals surface area (Å²) in [5, 5.41) is 3.37. The van der Waals surface area contributed by atoms with Gasteiger partial charge in [0, 0.05) is 27.2 Å². The fraction of sp³-hybridized carbons (Fsp3) is 0.300. The molecular weight excluding hydrogens is 380 g/mol. The van der Waals surface area contributed by atoms with Gasteiger partial charge in [0.15, 0.2) is 0 Å². The first-order chi connectivity index (χ1) is 13.5. The van der Waals surface area contributed by atoms with Crippen LogP contribution in [0, 0.1) is 0 Å². The zero-order valence-corrected chi connectivity index (χ0v) is 16.5. The van der Waals surface area contributed by atoms with Crippen LogP contribution in [0.15, 0.2) is 41.2 Å². The molecule has 1 amide bonds. The predicted octanol–water partition coefficient (Wildman–Crippen LogP) is 2.62. The smallest absolute Gasteiger partial charge is 0.328 e. The number of carbonyl (C=O) groups is 1. The first-order valence-electron chi connectivity index (χ1n) is 9.05. The number of fused-ring (bicyclic) bond motifs is 1. The topological polar surface area (TPSA) is 68.5 Å². The van der Waals surface area contributed by atoms with Crippen molar-refractivity contribution in [1.29, 1.82) is 0 Å². The molecule has 0 aliphatic carbocycles. The standard InChI is InChI=1S/C20H21ClN4O3/c1-23-17-11-15(22-19(26)13-5-3-4-6-14(13)21)16(25-7-9-28-10-8-25)12-18(17)24(2)20(23)27/h3-6,11-12H,7-10H2,1-2H3,(H,22,26). The molecule has 1 N–H and O–H groups in total. The molecule has 1 aliphatic heterocycles. The van der Waals surface area contributed by atoms with E-state index in [2.05, 4.69) is 10.2 Å². The minimum atomic E-state index is -0.291. The van der Waals surface area contributed by atoms with Crippen molar-refractivity contribution in [3.63, 3.8) is 0 Å². The highest BCUT2D eigenvalue weighted by molar-refractivity contribution is 6.34. The Morgan fingerprint density at radius 1 is 1.07 bits per heavy atom. The van der Waals surface area contributed by atoms with E-state index in [1.807, 2.05) is 12.1 Å². The molecule has 1 fully saturated rings. The number of nitrogens with one attached hydrogen (secondary N) is 1. The van der Waals surface area contributed by atoms with Crippen LogP contribution >= 0.6 is 11.6 Å². The lowest BCUT2D eigenvalue weighted by molar-refractivity contribution is 0.102. The van der Waals surface area contributed by atoms with E-state index in [1.165, 1.54) is 0 Å². The van der Waals surface area contributed by atoms with Crippen molar-refractivity contribution in [2.75, 3.05) is 36.5 Å². The number of hydrogen-bond donors (Lipinski definition) is 1. The number of nitrogens with zero attached hydrogens (tertiary/aromatic N) is 3. The predicted molar refractivity (Wildman–Crippen MR) is 111 cm³/mol. The maximum Gasteiger partial charge on any atom is 0.328 e. The van der Waals surface area contributed by atoms with Gasteiger partial charge in [-0.15, -0.1) is 0 Å². The highest BCUT2D eigenvalue weighted by Crippen LogP contribution is 2.32. The van der Waals surface area contributed by atoms with Crippen LogP contribution in [-0.4, -0.2) is 41.3 Å². The highest BCUT2D eigenvalue weighted by atomic mass is 35.5. The maximum atomic E-state index is 12.9. The van der Waals surface area contributed by atoms with Crippen LogP contribution in [-0.2, 0) is 18.8 Å². The summed E-state index contributed by atoms with van der Waals surface area (Å²) in [5.41, 5.74) is 3.35. The molecule has 1 aliphatic rings. The Balaban J connectivity index is 1.82. The fourth-order valence-electron chi connectivity index (χ4n) is 3.54. The quantitative estimate of drug-likeness (QED) is 0.733. The van der Waals surface area contributed by atoms with Gasteiger partial charge in [-0.1, -0.05) is 23.7 Å². The molecular formula is C20H21ClN4O3. The van der Waals surface area contributed by atoms with Crippen LogP contribution in [0.5, 0.6) is 0 Å². The summed E-state index contributed by atoms with van der Waals surface area (Å²) in [6.45, 7) is 2.65. The van der Waals surface area contributed by atoms with Crippen LogP contribution in [0.2, 0.25) is 5.02 Å². The Morgan fingerprint density at radius 3 is 2.39 bits per heavy atom. The molecule has 7 nitrogen and oxygen atoms in total. The zero-order valence-electron chi connectivity index (χ0n) is 15.7. The molecule has 3 aromatic rings. The van der Waals surface area contributed by atoms with E-state index in [0.29, 0.717) is 42.6 Å². The number of morpholine rings is 1. The summed E-state index contributed by atoms with van der Waals surface area (Å²) in [6.07, 6.45) is 0. The highest BCUT2D eigenvalue weighted by Gasteiger charge is 2.21. The molecule has 28 heavy (non-hydrogen) atoms. The Labute approximate surface area is 167 Å². The number of anilines is 2. The van der Waals surface area contributed by atoms with Crippen LogP contribution in [0.3, 0.4) is 0 Å². The van der Waals surface area contributed by atoms with Gasteiger partial charge in [0.05, 0.1) is 46.2 Å². The number of carbonyl (C=O) groups excluding carboxylic acids is 1. The second-order valence-corrected chi connectivity index (χ2v) is 7.20. The molecule has 1 aromatic heterocycles. The van der Waals surface area contributed by atoms with Gasteiger partial charge in [0.1, 0.15) is 0 Å². The molecule has 0 atom stereocenters. The van der Waals surface area contributed by atoms with Gasteiger partial charge in [0.25, 0.3) is 5.91 Å². The number of benzene rings is 2. The lowest BCUT2D eigenvalue weighted by Gasteiger charge is -2.30. The van der Waals surface area contributed by atoms with Crippen molar-refractivity contribution in [2.24, 2.45) is 14.1 Å². The van der Waals surface area contributed by atoms with Gasteiger partial charge in [-0.2, -0.15) is 0 Å². The average Bonchev–Trinajstić information content (AvgIpc) is 2.92. The van der Waals surface area contributed by atoms with Gasteiger partial charge in [-0.25, -0.2) is 4.79 Å². The number of rotatable bonds is 3. The third-order valence-corrected chi connectivity index (χ3v) is 5.44. The Bertz CT molecular complexity index is 1110. The summed E-state index contributed by atoms with van der Waals surface area (Å²) in [4.78, 5) is 27.4. The van der Waals surface area contributed by atoms with Gasteiger partial charge in [-0.05, 0) is 24.3 Å². The number of halogens is 1. The third kappa shape index (κ3) is 3.16. The minimum Gasteiger partial charge on any atom is -0.378 e. The molecule has 1 saturated heterocycles. The van der Waals surface area contributed by atoms with Crippen LogP contribution in [0.25, 0.3) is 11.0 Å². The molecule has 0 bridgehead atoms. The van der Waals surface area contributed by atoms with E-state index in [0.717, 1.165) is 16.7 Å². The Morgan fingerprint density at radius 2 is 1.71 bits per heavy atom. The Hall–Kier alpha value is -2.77. The van der Waals surface area contributed by atoms with Crippen molar-refractivity contribution in [3.05, 3.63) is 57.5 Å². The molecule has 8 heteroatoms. The molecule has 2 heterocycles. The van der Waals surface area contributed by atoms with Gasteiger partial charge >= 0.3 is 5.69 Å². The van der Waals surface area contributed by atoms with E-state index in [1.54, 1.807) is 47.5 Å². The largest absolute Gasteiger partial charge is 0.378 e. The van der Waals surface area contributed by atoms with Crippen molar-refractivity contribution >= 4 is 39.9 Å². The molecule has 4 rings (SSSR count). The molecule has 0 unspecified atom stereocenters. The van der Waals surface area contributed by atoms with Gasteiger partial charge in [0.2, 0.25) is 0 Å². The second kappa shape index (κ2) is 7.33. The number of ether oxygens (including phenoxy) is 1. The fourth-order valence-corrected chi connectivity index (χ4v) is 3.76. The number of aryl methyl sites for hydroxylation is 2. The first kappa shape index (κ1) is 18.6. The molecule has 0 saturated carbocycles. The van der Waals surface area contributed by atoms with Crippen molar-refractivity contribution in [1.82, 2.24) is 9.13 Å². The van der Waals surface area contributed by atoms with Gasteiger partial charge < -0.3 is 15.0 Å². The SMILES string of the molecule is Cn1c(=O)n(C)c2cc(N3CCOCC3)c(NC(=O)c3ccccc3Cl)cc21. The lowest BCUT2D eigenvalue weighted by atomic mass is 10.1. The number of amides is 1. The van der Waals surface area contributed by atoms with Crippen molar-refractivity contribution < 1.29 is 9.53 Å². The summed E-state index contributed by atoms with van der Waals surface area (Å²) < 4.78 is 8.64.